The molecule has 0 fully saturated rings. The maximum Gasteiger partial charge on any atom is 0.217 e. The number of fused-ring (bicyclic) bond motifs is 6. The Balaban J connectivity index is 1.69. The second-order valence-electron chi connectivity index (χ2n) is 9.92. The van der Waals surface area contributed by atoms with Crippen molar-refractivity contribution in [2.45, 2.75) is 64.8 Å². The maximum atomic E-state index is 2.74. The Hall–Kier alpha value is -3.19. The molecule has 1 heterocycles. The first-order valence-electron chi connectivity index (χ1n) is 13.2. The average molecular weight is 445 g/mol. The van der Waals surface area contributed by atoms with E-state index in [4.69, 9.17) is 0 Å². The number of nitrogens with zero attached hydrogens (tertiary/aromatic N) is 1. The molecule has 1 heteroatoms. The van der Waals surface area contributed by atoms with Crippen molar-refractivity contribution in [3.63, 3.8) is 0 Å². The second kappa shape index (κ2) is 9.22. The van der Waals surface area contributed by atoms with E-state index in [1.807, 2.05) is 0 Å². The summed E-state index contributed by atoms with van der Waals surface area (Å²) < 4.78 is 2.74. The number of pyridine rings is 1. The van der Waals surface area contributed by atoms with Crippen molar-refractivity contribution in [2.75, 3.05) is 0 Å². The topological polar surface area (TPSA) is 3.88 Å². The quantitative estimate of drug-likeness (QED) is 0.211. The number of hydrogen-bond acceptors (Lipinski definition) is 0. The maximum absolute atomic E-state index is 2.74. The van der Waals surface area contributed by atoms with E-state index in [-0.39, 0.29) is 0 Å². The van der Waals surface area contributed by atoms with E-state index in [9.17, 15) is 0 Å². The van der Waals surface area contributed by atoms with E-state index in [0.717, 1.165) is 32.2 Å². The van der Waals surface area contributed by atoms with E-state index in [0.29, 0.717) is 0 Å². The second-order valence-corrected chi connectivity index (χ2v) is 9.92. The number of rotatable bonds is 6. The lowest BCUT2D eigenvalue weighted by atomic mass is 9.77. The normalized spacial score (nSPS) is 13.6. The summed E-state index contributed by atoms with van der Waals surface area (Å²) in [5, 5.41) is 0. The highest BCUT2D eigenvalue weighted by Gasteiger charge is 2.37. The van der Waals surface area contributed by atoms with E-state index < -0.39 is 0 Å². The van der Waals surface area contributed by atoms with Crippen LogP contribution in [0.1, 0.15) is 54.9 Å². The van der Waals surface area contributed by atoms with Gasteiger partial charge in [-0.05, 0) is 60.9 Å². The third-order valence-corrected chi connectivity index (χ3v) is 7.85. The molecule has 2 aliphatic rings. The lowest BCUT2D eigenvalue weighted by molar-refractivity contribution is -0.676. The largest absolute Gasteiger partial charge is 0.217 e. The predicted octanol–water partition coefficient (Wildman–Crippen LogP) is 7.75. The minimum Gasteiger partial charge on any atom is -0.191 e. The van der Waals surface area contributed by atoms with Crippen LogP contribution in [0.2, 0.25) is 0 Å². The number of aromatic nitrogens is 1. The van der Waals surface area contributed by atoms with E-state index in [1.54, 1.807) is 11.1 Å². The fourth-order valence-corrected chi connectivity index (χ4v) is 6.29. The van der Waals surface area contributed by atoms with Gasteiger partial charge in [-0.1, -0.05) is 86.5 Å². The molecule has 4 aromatic rings. The summed E-state index contributed by atoms with van der Waals surface area (Å²) in [6.07, 6.45) is 9.66. The molecular weight excluding hydrogens is 410 g/mol. The Morgan fingerprint density at radius 2 is 1.15 bits per heavy atom. The van der Waals surface area contributed by atoms with Gasteiger partial charge in [0.2, 0.25) is 11.4 Å². The van der Waals surface area contributed by atoms with Crippen molar-refractivity contribution in [3.8, 4) is 33.6 Å². The number of aryl methyl sites for hydroxylation is 2. The number of hydrogen-bond donors (Lipinski definition) is 0. The molecule has 0 aliphatic heterocycles. The number of unbranched alkanes of at least 4 members (excludes halogenated alkanes) is 3. The zero-order valence-electron chi connectivity index (χ0n) is 20.3. The van der Waals surface area contributed by atoms with Gasteiger partial charge in [-0.15, -0.1) is 0 Å². The van der Waals surface area contributed by atoms with Crippen LogP contribution < -0.4 is 4.57 Å². The molecule has 0 spiro atoms. The Labute approximate surface area is 204 Å². The molecular formula is C33H34N+. The third-order valence-electron chi connectivity index (χ3n) is 7.85. The summed E-state index contributed by atoms with van der Waals surface area (Å²) in [7, 11) is 0. The van der Waals surface area contributed by atoms with Crippen LogP contribution in [0.3, 0.4) is 0 Å². The zero-order valence-corrected chi connectivity index (χ0v) is 20.3. The van der Waals surface area contributed by atoms with E-state index in [2.05, 4.69) is 90.4 Å². The monoisotopic (exact) mass is 444 g/mol. The van der Waals surface area contributed by atoms with Gasteiger partial charge in [-0.2, -0.15) is 4.57 Å². The van der Waals surface area contributed by atoms with Crippen molar-refractivity contribution in [2.24, 2.45) is 0 Å². The summed E-state index contributed by atoms with van der Waals surface area (Å²) in [5.41, 5.74) is 14.9. The van der Waals surface area contributed by atoms with Crippen molar-refractivity contribution in [1.82, 2.24) is 0 Å². The SMILES string of the molecule is CCCCCC[n+]1c2c(c(-c3ccccc3)c3c1-c1ccccc1CC3)CCc1ccccc1-2. The zero-order chi connectivity index (χ0) is 22.9. The molecule has 0 atom stereocenters. The molecule has 1 nitrogen and oxygen atoms in total. The van der Waals surface area contributed by atoms with Gasteiger partial charge < -0.3 is 0 Å². The molecule has 0 N–H and O–H groups in total. The molecule has 3 aromatic carbocycles. The molecule has 2 aliphatic carbocycles. The molecule has 0 amide bonds. The van der Waals surface area contributed by atoms with Crippen LogP contribution >= 0.6 is 0 Å². The van der Waals surface area contributed by atoms with Gasteiger partial charge in [0.25, 0.3) is 0 Å². The van der Waals surface area contributed by atoms with Crippen molar-refractivity contribution < 1.29 is 4.57 Å². The molecule has 0 saturated heterocycles. The lowest BCUT2D eigenvalue weighted by Crippen LogP contribution is -2.43. The van der Waals surface area contributed by atoms with Crippen LogP contribution in [0, 0.1) is 0 Å². The van der Waals surface area contributed by atoms with Crippen molar-refractivity contribution >= 4 is 0 Å². The van der Waals surface area contributed by atoms with Crippen LogP contribution in [0.25, 0.3) is 33.6 Å². The standard InChI is InChI=1S/C33H34N/c1-2-3-4-12-23-34-32-27-17-10-8-13-24(27)19-21-29(32)31(26-15-6-5-7-16-26)30-22-20-25-14-9-11-18-28(25)33(30)34/h5-11,13-18H,2-4,12,19-23H2,1H3/q+1. The summed E-state index contributed by atoms with van der Waals surface area (Å²) in [5.74, 6) is 0. The van der Waals surface area contributed by atoms with Crippen LogP contribution in [0.4, 0.5) is 0 Å². The molecule has 0 saturated carbocycles. The van der Waals surface area contributed by atoms with Crippen LogP contribution in [0.5, 0.6) is 0 Å². The lowest BCUT2D eigenvalue weighted by Gasteiger charge is -2.28. The smallest absolute Gasteiger partial charge is 0.191 e. The van der Waals surface area contributed by atoms with Gasteiger partial charge in [0.15, 0.2) is 0 Å². The molecule has 34 heavy (non-hydrogen) atoms. The van der Waals surface area contributed by atoms with Gasteiger partial charge in [0, 0.05) is 34.2 Å². The summed E-state index contributed by atoms with van der Waals surface area (Å²) in [6, 6.07) is 29.5. The van der Waals surface area contributed by atoms with Gasteiger partial charge >= 0.3 is 0 Å². The molecule has 0 bridgehead atoms. The molecule has 0 unspecified atom stereocenters. The summed E-state index contributed by atoms with van der Waals surface area (Å²) in [6.45, 7) is 3.40. The minimum atomic E-state index is 1.10. The van der Waals surface area contributed by atoms with Crippen molar-refractivity contribution in [3.05, 3.63) is 101 Å². The summed E-state index contributed by atoms with van der Waals surface area (Å²) in [4.78, 5) is 0. The van der Waals surface area contributed by atoms with Crippen LogP contribution in [-0.4, -0.2) is 0 Å². The number of benzene rings is 3. The first kappa shape index (κ1) is 21.4. The molecule has 6 rings (SSSR count). The first-order valence-corrected chi connectivity index (χ1v) is 13.2. The summed E-state index contributed by atoms with van der Waals surface area (Å²) >= 11 is 0. The third kappa shape index (κ3) is 3.59. The van der Waals surface area contributed by atoms with Gasteiger partial charge in [-0.25, -0.2) is 0 Å². The average Bonchev–Trinajstić information content (AvgIpc) is 2.90. The van der Waals surface area contributed by atoms with Gasteiger partial charge in [0.1, 0.15) is 6.54 Å². The highest BCUT2D eigenvalue weighted by Crippen LogP contribution is 2.44. The Bertz CT molecular complexity index is 1260. The highest BCUT2D eigenvalue weighted by atomic mass is 15.0. The Kier molecular flexibility index (Phi) is 5.79. The van der Waals surface area contributed by atoms with Crippen molar-refractivity contribution in [1.29, 1.82) is 0 Å². The van der Waals surface area contributed by atoms with Gasteiger partial charge in [0.05, 0.1) is 0 Å². The van der Waals surface area contributed by atoms with E-state index >= 15 is 0 Å². The molecule has 170 valence electrons. The first-order chi connectivity index (χ1) is 16.9. The Morgan fingerprint density at radius 1 is 0.588 bits per heavy atom. The Morgan fingerprint density at radius 3 is 1.74 bits per heavy atom. The van der Waals surface area contributed by atoms with Crippen LogP contribution in [-0.2, 0) is 32.2 Å². The molecule has 0 radical (unpaired) electrons. The highest BCUT2D eigenvalue weighted by molar-refractivity contribution is 5.85. The predicted molar refractivity (Wildman–Crippen MR) is 142 cm³/mol. The molecule has 1 aromatic heterocycles. The van der Waals surface area contributed by atoms with E-state index in [1.165, 1.54) is 70.5 Å². The minimum absolute atomic E-state index is 1.10. The van der Waals surface area contributed by atoms with Crippen LogP contribution in [0.15, 0.2) is 78.9 Å². The van der Waals surface area contributed by atoms with Gasteiger partial charge in [-0.3, -0.25) is 0 Å². The fraction of sp³-hybridized carbons (Fsp3) is 0.303. The fourth-order valence-electron chi connectivity index (χ4n) is 6.29.